The van der Waals surface area contributed by atoms with Crippen molar-refractivity contribution in [2.75, 3.05) is 7.11 Å². The molecular formula is C13H12F2O3. The highest BCUT2D eigenvalue weighted by molar-refractivity contribution is 5.34. The van der Waals surface area contributed by atoms with Crippen LogP contribution in [0.3, 0.4) is 0 Å². The Hall–Kier alpha value is -1.88. The summed E-state index contributed by atoms with van der Waals surface area (Å²) in [6, 6.07) is 5.11. The Morgan fingerprint density at radius 2 is 1.83 bits per heavy atom. The summed E-state index contributed by atoms with van der Waals surface area (Å²) in [5.74, 6) is -1.06. The molecule has 2 aromatic rings. The highest BCUT2D eigenvalue weighted by Gasteiger charge is 2.23. The molecule has 0 aliphatic heterocycles. The quantitative estimate of drug-likeness (QED) is 0.915. The molecule has 1 unspecified atom stereocenters. The molecule has 0 saturated carbocycles. The number of aryl methyl sites for hydroxylation is 1. The van der Waals surface area contributed by atoms with Gasteiger partial charge in [0.25, 0.3) is 0 Å². The normalized spacial score (nSPS) is 12.5. The first-order valence-corrected chi connectivity index (χ1v) is 5.30. The van der Waals surface area contributed by atoms with Crippen LogP contribution in [0.15, 0.2) is 28.7 Å². The van der Waals surface area contributed by atoms with E-state index >= 15 is 0 Å². The molecule has 1 N–H and O–H groups in total. The summed E-state index contributed by atoms with van der Waals surface area (Å²) in [4.78, 5) is 0. The first kappa shape index (κ1) is 12.6. The van der Waals surface area contributed by atoms with E-state index in [0.29, 0.717) is 5.76 Å². The van der Waals surface area contributed by atoms with Crippen molar-refractivity contribution in [3.63, 3.8) is 0 Å². The predicted octanol–water partition coefficient (Wildman–Crippen LogP) is 2.96. The maximum absolute atomic E-state index is 13.7. The van der Waals surface area contributed by atoms with Gasteiger partial charge >= 0.3 is 0 Å². The number of hydrogen-bond donors (Lipinski definition) is 1. The molecule has 0 radical (unpaired) electrons. The molecule has 1 heterocycles. The molecule has 18 heavy (non-hydrogen) atoms. The van der Waals surface area contributed by atoms with Gasteiger partial charge in [-0.25, -0.2) is 8.78 Å². The Labute approximate surface area is 103 Å². The number of benzene rings is 1. The summed E-state index contributed by atoms with van der Waals surface area (Å²) in [5, 5.41) is 9.92. The Bertz CT molecular complexity index is 540. The Morgan fingerprint density at radius 3 is 2.28 bits per heavy atom. The first-order valence-electron chi connectivity index (χ1n) is 5.30. The monoisotopic (exact) mass is 254 g/mol. The SMILES string of the molecule is COc1cc(F)c(C(O)c2ccc(C)o2)c(F)c1. The van der Waals surface area contributed by atoms with Crippen LogP contribution in [0, 0.1) is 18.6 Å². The molecule has 0 spiro atoms. The van der Waals surface area contributed by atoms with Gasteiger partial charge in [-0.1, -0.05) is 0 Å². The van der Waals surface area contributed by atoms with Crippen LogP contribution in [0.5, 0.6) is 5.75 Å². The molecule has 0 amide bonds. The van der Waals surface area contributed by atoms with Gasteiger partial charge in [0.05, 0.1) is 12.7 Å². The second-order valence-electron chi connectivity index (χ2n) is 3.86. The Kier molecular flexibility index (Phi) is 3.34. The van der Waals surface area contributed by atoms with Gasteiger partial charge < -0.3 is 14.3 Å². The van der Waals surface area contributed by atoms with E-state index < -0.39 is 23.3 Å². The lowest BCUT2D eigenvalue weighted by atomic mass is 10.1. The maximum Gasteiger partial charge on any atom is 0.142 e. The molecule has 1 atom stereocenters. The predicted molar refractivity (Wildman–Crippen MR) is 60.4 cm³/mol. The van der Waals surface area contributed by atoms with E-state index in [2.05, 4.69) is 0 Å². The maximum atomic E-state index is 13.7. The van der Waals surface area contributed by atoms with Crippen molar-refractivity contribution in [1.82, 2.24) is 0 Å². The standard InChI is InChI=1S/C13H12F2O3/c1-7-3-4-11(18-7)13(16)12-9(14)5-8(17-2)6-10(12)15/h3-6,13,16H,1-2H3. The molecule has 96 valence electrons. The second kappa shape index (κ2) is 4.78. The number of methoxy groups -OCH3 is 1. The second-order valence-corrected chi connectivity index (χ2v) is 3.86. The molecule has 2 rings (SSSR count). The van der Waals surface area contributed by atoms with Gasteiger partial charge in [0.1, 0.15) is 35.0 Å². The summed E-state index contributed by atoms with van der Waals surface area (Å²) < 4.78 is 37.3. The highest BCUT2D eigenvalue weighted by atomic mass is 19.1. The van der Waals surface area contributed by atoms with Crippen LogP contribution in [-0.2, 0) is 0 Å². The van der Waals surface area contributed by atoms with Crippen molar-refractivity contribution >= 4 is 0 Å². The van der Waals surface area contributed by atoms with Gasteiger partial charge in [0, 0.05) is 12.1 Å². The van der Waals surface area contributed by atoms with E-state index in [4.69, 9.17) is 9.15 Å². The van der Waals surface area contributed by atoms with Crippen LogP contribution >= 0.6 is 0 Å². The number of aliphatic hydroxyl groups excluding tert-OH is 1. The van der Waals surface area contributed by atoms with Crippen LogP contribution in [-0.4, -0.2) is 12.2 Å². The van der Waals surface area contributed by atoms with Crippen molar-refractivity contribution < 1.29 is 23.0 Å². The third kappa shape index (κ3) is 2.22. The summed E-state index contributed by atoms with van der Waals surface area (Å²) in [7, 11) is 1.31. The Morgan fingerprint density at radius 1 is 1.22 bits per heavy atom. The van der Waals surface area contributed by atoms with Crippen molar-refractivity contribution in [2.45, 2.75) is 13.0 Å². The molecule has 0 aliphatic rings. The number of rotatable bonds is 3. The van der Waals surface area contributed by atoms with E-state index in [1.54, 1.807) is 13.0 Å². The molecule has 0 bridgehead atoms. The van der Waals surface area contributed by atoms with Crippen molar-refractivity contribution in [1.29, 1.82) is 0 Å². The Balaban J connectivity index is 2.44. The van der Waals surface area contributed by atoms with Crippen LogP contribution in [0.1, 0.15) is 23.2 Å². The summed E-state index contributed by atoms with van der Waals surface area (Å²) in [6.07, 6.45) is -1.48. The van der Waals surface area contributed by atoms with Gasteiger partial charge in [0.2, 0.25) is 0 Å². The lowest BCUT2D eigenvalue weighted by Crippen LogP contribution is -2.05. The number of aliphatic hydroxyl groups is 1. The third-order valence-corrected chi connectivity index (χ3v) is 2.59. The molecule has 5 heteroatoms. The van der Waals surface area contributed by atoms with E-state index in [1.807, 2.05) is 0 Å². The first-order chi connectivity index (χ1) is 8.52. The molecule has 0 fully saturated rings. The van der Waals surface area contributed by atoms with E-state index in [1.165, 1.54) is 13.2 Å². The van der Waals surface area contributed by atoms with E-state index in [-0.39, 0.29) is 11.5 Å². The van der Waals surface area contributed by atoms with Crippen LogP contribution < -0.4 is 4.74 Å². The fourth-order valence-electron chi connectivity index (χ4n) is 1.68. The van der Waals surface area contributed by atoms with Gasteiger partial charge in [-0.05, 0) is 19.1 Å². The molecule has 0 aliphatic carbocycles. The van der Waals surface area contributed by atoms with E-state index in [0.717, 1.165) is 12.1 Å². The minimum atomic E-state index is -1.48. The zero-order chi connectivity index (χ0) is 13.3. The van der Waals surface area contributed by atoms with Crippen molar-refractivity contribution in [3.05, 3.63) is 53.0 Å². The average molecular weight is 254 g/mol. The van der Waals surface area contributed by atoms with Gasteiger partial charge in [-0.2, -0.15) is 0 Å². The van der Waals surface area contributed by atoms with Gasteiger partial charge in [-0.15, -0.1) is 0 Å². The number of halogens is 2. The van der Waals surface area contributed by atoms with Crippen molar-refractivity contribution in [3.8, 4) is 5.75 Å². The number of furan rings is 1. The van der Waals surface area contributed by atoms with Crippen LogP contribution in [0.2, 0.25) is 0 Å². The molecule has 3 nitrogen and oxygen atoms in total. The zero-order valence-electron chi connectivity index (χ0n) is 9.91. The average Bonchev–Trinajstić information content (AvgIpc) is 2.74. The minimum Gasteiger partial charge on any atom is -0.497 e. The fraction of sp³-hybridized carbons (Fsp3) is 0.231. The minimum absolute atomic E-state index is 0.0524. The number of ether oxygens (including phenoxy) is 1. The summed E-state index contributed by atoms with van der Waals surface area (Å²) in [5.41, 5.74) is -0.454. The zero-order valence-corrected chi connectivity index (χ0v) is 9.91. The van der Waals surface area contributed by atoms with Gasteiger partial charge in [-0.3, -0.25) is 0 Å². The molecular weight excluding hydrogens is 242 g/mol. The van der Waals surface area contributed by atoms with Crippen LogP contribution in [0.4, 0.5) is 8.78 Å². The third-order valence-electron chi connectivity index (χ3n) is 2.59. The van der Waals surface area contributed by atoms with E-state index in [9.17, 15) is 13.9 Å². The topological polar surface area (TPSA) is 42.6 Å². The molecule has 0 saturated heterocycles. The van der Waals surface area contributed by atoms with Crippen LogP contribution in [0.25, 0.3) is 0 Å². The fourth-order valence-corrected chi connectivity index (χ4v) is 1.68. The number of hydrogen-bond acceptors (Lipinski definition) is 3. The lowest BCUT2D eigenvalue weighted by molar-refractivity contribution is 0.178. The van der Waals surface area contributed by atoms with Crippen molar-refractivity contribution in [2.24, 2.45) is 0 Å². The lowest BCUT2D eigenvalue weighted by Gasteiger charge is -2.12. The smallest absolute Gasteiger partial charge is 0.142 e. The summed E-state index contributed by atoms with van der Waals surface area (Å²) in [6.45, 7) is 1.68. The highest BCUT2D eigenvalue weighted by Crippen LogP contribution is 2.30. The largest absolute Gasteiger partial charge is 0.497 e. The molecule has 1 aromatic carbocycles. The summed E-state index contributed by atoms with van der Waals surface area (Å²) >= 11 is 0. The van der Waals surface area contributed by atoms with Gasteiger partial charge in [0.15, 0.2) is 0 Å². The molecule has 1 aromatic heterocycles.